The van der Waals surface area contributed by atoms with E-state index < -0.39 is 33.7 Å². The molecule has 0 aromatic heterocycles. The number of carbonyl (C=O) groups excluding carboxylic acids is 1. The number of carboxylic acid groups (broad SMARTS) is 1. The predicted octanol–water partition coefficient (Wildman–Crippen LogP) is 3.02. The van der Waals surface area contributed by atoms with Crippen molar-refractivity contribution in [2.24, 2.45) is 10.1 Å². The molecule has 2 aromatic carbocycles. The Morgan fingerprint density at radius 3 is 2.63 bits per heavy atom. The number of guanidine groups is 1. The Morgan fingerprint density at radius 1 is 1.07 bits per heavy atom. The topological polar surface area (TPSA) is 159 Å². The highest BCUT2D eigenvalue weighted by Gasteiger charge is 2.28. The first-order valence-corrected chi connectivity index (χ1v) is 15.3. The van der Waals surface area contributed by atoms with Gasteiger partial charge in [-0.25, -0.2) is 28.4 Å². The van der Waals surface area contributed by atoms with Gasteiger partial charge in [0.1, 0.15) is 12.6 Å². The number of sulfone groups is 1. The third-order valence-electron chi connectivity index (χ3n) is 7.41. The number of carbonyl (C=O) groups is 2. The molecule has 0 saturated heterocycles. The summed E-state index contributed by atoms with van der Waals surface area (Å²) in [5.74, 6) is -1.12. The molecule has 11 nitrogen and oxygen atoms in total. The van der Waals surface area contributed by atoms with E-state index in [4.69, 9.17) is 4.74 Å². The van der Waals surface area contributed by atoms with Crippen molar-refractivity contribution in [2.45, 2.75) is 56.1 Å². The summed E-state index contributed by atoms with van der Waals surface area (Å²) in [6.07, 6.45) is 2.90. The zero-order chi connectivity index (χ0) is 28.8. The number of nitrogens with zero attached hydrogens (tertiary/aromatic N) is 2. The number of rotatable bonds is 9. The van der Waals surface area contributed by atoms with E-state index in [1.807, 2.05) is 12.1 Å². The lowest BCUT2D eigenvalue weighted by Crippen LogP contribution is -2.42. The molecule has 216 valence electrons. The number of aliphatic imine (C=N–C) groups is 1. The van der Waals surface area contributed by atoms with Crippen LogP contribution in [0.15, 0.2) is 69.1 Å². The second kappa shape index (κ2) is 12.5. The van der Waals surface area contributed by atoms with Gasteiger partial charge in [0.05, 0.1) is 22.9 Å². The summed E-state index contributed by atoms with van der Waals surface area (Å²) in [7, 11) is -3.82. The first-order valence-electron chi connectivity index (χ1n) is 13.7. The van der Waals surface area contributed by atoms with Crippen LogP contribution in [0.3, 0.4) is 0 Å². The van der Waals surface area contributed by atoms with Crippen molar-refractivity contribution in [1.29, 1.82) is 0 Å². The van der Waals surface area contributed by atoms with Crippen LogP contribution in [0.4, 0.5) is 4.79 Å². The number of hydrogen-bond donors (Lipinski definition) is 4. The van der Waals surface area contributed by atoms with E-state index in [-0.39, 0.29) is 17.9 Å². The van der Waals surface area contributed by atoms with Crippen LogP contribution >= 0.6 is 0 Å². The van der Waals surface area contributed by atoms with E-state index in [0.29, 0.717) is 25.3 Å². The van der Waals surface area contributed by atoms with Gasteiger partial charge in [-0.1, -0.05) is 36.4 Å². The summed E-state index contributed by atoms with van der Waals surface area (Å²) in [5.41, 5.74) is 9.12. The number of allylic oxidation sites excluding steroid dienone is 2. The molecule has 2 aromatic rings. The van der Waals surface area contributed by atoms with Crippen LogP contribution in [0.5, 0.6) is 0 Å². The van der Waals surface area contributed by atoms with Crippen LogP contribution in [-0.4, -0.2) is 62.1 Å². The molecule has 0 fully saturated rings. The van der Waals surface area contributed by atoms with Gasteiger partial charge in [0, 0.05) is 6.54 Å². The minimum Gasteiger partial charge on any atom is -0.480 e. The minimum atomic E-state index is -3.82. The van der Waals surface area contributed by atoms with E-state index in [9.17, 15) is 23.1 Å². The quantitative estimate of drug-likeness (QED) is 0.330. The van der Waals surface area contributed by atoms with Gasteiger partial charge in [0.25, 0.3) is 0 Å². The summed E-state index contributed by atoms with van der Waals surface area (Å²) < 4.78 is 31.6. The smallest absolute Gasteiger partial charge is 0.408 e. The molecule has 12 heteroatoms. The van der Waals surface area contributed by atoms with Gasteiger partial charge in [-0.3, -0.25) is 0 Å². The Labute approximate surface area is 238 Å². The van der Waals surface area contributed by atoms with Crippen molar-refractivity contribution in [3.8, 4) is 0 Å². The molecular weight excluding hydrogens is 546 g/mol. The van der Waals surface area contributed by atoms with Crippen LogP contribution in [0, 0.1) is 0 Å². The number of hydrazone groups is 1. The fraction of sp³-hybridized carbons (Fsp3) is 0.379. The normalized spacial score (nSPS) is 18.0. The van der Waals surface area contributed by atoms with Crippen molar-refractivity contribution in [3.05, 3.63) is 70.8 Å². The van der Waals surface area contributed by atoms with Crippen molar-refractivity contribution >= 4 is 39.1 Å². The van der Waals surface area contributed by atoms with E-state index in [0.717, 1.165) is 48.2 Å². The first kappa shape index (κ1) is 28.3. The van der Waals surface area contributed by atoms with Gasteiger partial charge in [-0.05, 0) is 78.5 Å². The van der Waals surface area contributed by atoms with Crippen LogP contribution in [0.1, 0.15) is 48.8 Å². The maximum absolute atomic E-state index is 13.3. The summed E-state index contributed by atoms with van der Waals surface area (Å²) in [4.78, 5) is 28.4. The molecule has 0 saturated carbocycles. The number of aliphatic carboxylic acids is 1. The summed E-state index contributed by atoms with van der Waals surface area (Å²) in [6, 6.07) is 12.7. The third kappa shape index (κ3) is 6.94. The van der Waals surface area contributed by atoms with Crippen molar-refractivity contribution in [2.75, 3.05) is 18.8 Å². The van der Waals surface area contributed by atoms with Crippen LogP contribution in [-0.2, 0) is 32.4 Å². The van der Waals surface area contributed by atoms with Gasteiger partial charge in [0.2, 0.25) is 5.96 Å². The molecule has 5 rings (SSSR count). The maximum Gasteiger partial charge on any atom is 0.408 e. The van der Waals surface area contributed by atoms with E-state index in [2.05, 4.69) is 26.2 Å². The van der Waals surface area contributed by atoms with Gasteiger partial charge in [-0.2, -0.15) is 5.10 Å². The molecule has 3 aliphatic rings. The number of alkyl carbamates (subject to hydrolysis) is 1. The van der Waals surface area contributed by atoms with Crippen molar-refractivity contribution in [1.82, 2.24) is 16.1 Å². The largest absolute Gasteiger partial charge is 0.480 e. The average molecular weight is 580 g/mol. The lowest BCUT2D eigenvalue weighted by Gasteiger charge is -2.16. The molecular formula is C29H33N5O6S. The number of fused-ring (bicyclic) bond motifs is 2. The lowest BCUT2D eigenvalue weighted by molar-refractivity contribution is -0.139. The van der Waals surface area contributed by atoms with Gasteiger partial charge in [0.15, 0.2) is 9.84 Å². The molecule has 0 spiro atoms. The number of carboxylic acids is 1. The summed E-state index contributed by atoms with van der Waals surface area (Å²) in [5, 5.41) is 19.6. The number of ether oxygens (including phenoxy) is 1. The highest BCUT2D eigenvalue weighted by Crippen LogP contribution is 2.40. The van der Waals surface area contributed by atoms with Crippen LogP contribution in [0.2, 0.25) is 0 Å². The number of aryl methyl sites for hydroxylation is 1. The fourth-order valence-electron chi connectivity index (χ4n) is 5.30. The Morgan fingerprint density at radius 2 is 1.88 bits per heavy atom. The second-order valence-electron chi connectivity index (χ2n) is 10.2. The van der Waals surface area contributed by atoms with E-state index in [1.54, 1.807) is 36.4 Å². The van der Waals surface area contributed by atoms with E-state index >= 15 is 0 Å². The van der Waals surface area contributed by atoms with E-state index in [1.165, 1.54) is 11.1 Å². The Balaban J connectivity index is 1.25. The van der Waals surface area contributed by atoms with Gasteiger partial charge >= 0.3 is 12.1 Å². The van der Waals surface area contributed by atoms with Gasteiger partial charge in [-0.15, -0.1) is 0 Å². The van der Waals surface area contributed by atoms with Gasteiger partial charge < -0.3 is 20.5 Å². The Bertz CT molecular complexity index is 1520. The zero-order valence-corrected chi connectivity index (χ0v) is 23.4. The number of hydrogen-bond acceptors (Lipinski definition) is 9. The monoisotopic (exact) mass is 579 g/mol. The lowest BCUT2D eigenvalue weighted by atomic mass is 9.97. The molecule has 1 atom stereocenters. The van der Waals surface area contributed by atoms with Crippen LogP contribution < -0.4 is 16.1 Å². The van der Waals surface area contributed by atoms with Crippen molar-refractivity contribution in [3.63, 3.8) is 0 Å². The molecule has 1 amide bonds. The molecule has 0 radical (unpaired) electrons. The first-order chi connectivity index (χ1) is 19.8. The summed E-state index contributed by atoms with van der Waals surface area (Å²) >= 11 is 0. The zero-order valence-electron chi connectivity index (χ0n) is 22.6. The summed E-state index contributed by atoms with van der Waals surface area (Å²) in [6.45, 7) is 1.47. The molecule has 1 aliphatic heterocycles. The number of benzene rings is 2. The molecule has 1 heterocycles. The Hall–Kier alpha value is -4.19. The second-order valence-corrected chi connectivity index (χ2v) is 12.3. The standard InChI is InChI=1S/C29H33N5O6S/c35-27(36)26(32-29(37)40-18-19-5-2-1-3-6-19)13-16-41(38,39)21-10-11-22-20(17-21)9-12-25(24-8-4-7-23(22)24)33-34-28-30-14-15-31-28/h1-3,5-6,10-11,17,26H,4,7-9,12-16,18H2,(H,32,37)(H,35,36)(H2,30,31,34)/b33-25+. The maximum atomic E-state index is 13.3. The van der Waals surface area contributed by atoms with Crippen molar-refractivity contribution < 1.29 is 27.9 Å². The number of amides is 1. The molecule has 2 aliphatic carbocycles. The SMILES string of the molecule is O=C(NC(CCS(=O)(=O)c1ccc2c(c1)CC/C(=N\NC1=NCCN1)C1=C2CCC1)C(=O)O)OCc1ccccc1. The third-order valence-corrected chi connectivity index (χ3v) is 9.15. The molecule has 0 bridgehead atoms. The van der Waals surface area contributed by atoms with Crippen LogP contribution in [0.25, 0.3) is 5.57 Å². The highest BCUT2D eigenvalue weighted by molar-refractivity contribution is 7.91. The fourth-order valence-corrected chi connectivity index (χ4v) is 6.68. The Kier molecular flexibility index (Phi) is 8.67. The average Bonchev–Trinajstić information content (AvgIpc) is 3.65. The molecule has 1 unspecified atom stereocenters. The highest BCUT2D eigenvalue weighted by atomic mass is 32.2. The number of nitrogens with one attached hydrogen (secondary N) is 3. The minimum absolute atomic E-state index is 0.0291. The molecule has 4 N–H and O–H groups in total. The molecule has 41 heavy (non-hydrogen) atoms. The predicted molar refractivity (Wildman–Crippen MR) is 154 cm³/mol.